The van der Waals surface area contributed by atoms with Crippen LogP contribution in [-0.2, 0) is 13.1 Å². The molecule has 0 aliphatic heterocycles. The van der Waals surface area contributed by atoms with Crippen LogP contribution < -0.4 is 10.1 Å². The van der Waals surface area contributed by atoms with Gasteiger partial charge in [-0.25, -0.2) is 0 Å². The number of ether oxygens (including phenoxy) is 1. The van der Waals surface area contributed by atoms with E-state index >= 15 is 0 Å². The molecule has 0 saturated heterocycles. The van der Waals surface area contributed by atoms with Gasteiger partial charge in [0.15, 0.2) is 0 Å². The Morgan fingerprint density at radius 2 is 1.83 bits per heavy atom. The standard InChI is InChI=1S/C20H20N2OS/c1-15-4-6-16(7-5-15)12-22-13-17-11-18(8-9-20(17)24)23-19-3-2-10-21-14-19/h2-11,14,22,24H,12-13H2,1H3. The van der Waals surface area contributed by atoms with Crippen LogP contribution in [0.3, 0.4) is 0 Å². The molecule has 0 unspecified atom stereocenters. The molecule has 122 valence electrons. The van der Waals surface area contributed by atoms with Crippen LogP contribution >= 0.6 is 12.6 Å². The maximum atomic E-state index is 5.83. The summed E-state index contributed by atoms with van der Waals surface area (Å²) >= 11 is 4.54. The summed E-state index contributed by atoms with van der Waals surface area (Å²) < 4.78 is 5.83. The topological polar surface area (TPSA) is 34.1 Å². The normalized spacial score (nSPS) is 10.6. The Morgan fingerprint density at radius 1 is 1.00 bits per heavy atom. The molecule has 0 aliphatic carbocycles. The van der Waals surface area contributed by atoms with Gasteiger partial charge in [0.1, 0.15) is 11.5 Å². The molecule has 3 rings (SSSR count). The zero-order chi connectivity index (χ0) is 16.8. The fraction of sp³-hybridized carbons (Fsp3) is 0.150. The molecule has 1 N–H and O–H groups in total. The minimum absolute atomic E-state index is 0.725. The molecule has 0 spiro atoms. The van der Waals surface area contributed by atoms with Crippen LogP contribution in [0.2, 0.25) is 0 Å². The largest absolute Gasteiger partial charge is 0.456 e. The molecule has 0 amide bonds. The lowest BCUT2D eigenvalue weighted by Crippen LogP contribution is -2.13. The second-order valence-electron chi connectivity index (χ2n) is 5.67. The highest BCUT2D eigenvalue weighted by atomic mass is 32.1. The first-order chi connectivity index (χ1) is 11.7. The molecular weight excluding hydrogens is 316 g/mol. The van der Waals surface area contributed by atoms with Crippen molar-refractivity contribution in [3.63, 3.8) is 0 Å². The first-order valence-electron chi connectivity index (χ1n) is 7.87. The van der Waals surface area contributed by atoms with Crippen LogP contribution in [0.4, 0.5) is 0 Å². The van der Waals surface area contributed by atoms with Crippen molar-refractivity contribution in [3.05, 3.63) is 83.7 Å². The van der Waals surface area contributed by atoms with Crippen LogP contribution in [0.15, 0.2) is 71.9 Å². The maximum absolute atomic E-state index is 5.83. The van der Waals surface area contributed by atoms with E-state index in [1.807, 2.05) is 30.3 Å². The Labute approximate surface area is 148 Å². The summed E-state index contributed by atoms with van der Waals surface area (Å²) in [5, 5.41) is 3.45. The number of nitrogens with zero attached hydrogens (tertiary/aromatic N) is 1. The Balaban J connectivity index is 1.62. The Bertz CT molecular complexity index is 788. The Hall–Kier alpha value is -2.30. The Morgan fingerprint density at radius 3 is 2.58 bits per heavy atom. The van der Waals surface area contributed by atoms with E-state index in [1.54, 1.807) is 12.4 Å². The van der Waals surface area contributed by atoms with E-state index in [9.17, 15) is 0 Å². The second-order valence-corrected chi connectivity index (χ2v) is 6.15. The van der Waals surface area contributed by atoms with Crippen molar-refractivity contribution in [2.45, 2.75) is 24.9 Å². The molecule has 0 atom stereocenters. The van der Waals surface area contributed by atoms with Gasteiger partial charge >= 0.3 is 0 Å². The number of thiol groups is 1. The minimum Gasteiger partial charge on any atom is -0.456 e. The van der Waals surface area contributed by atoms with Gasteiger partial charge in [-0.2, -0.15) is 0 Å². The van der Waals surface area contributed by atoms with Gasteiger partial charge < -0.3 is 10.1 Å². The van der Waals surface area contributed by atoms with Crippen LogP contribution in [0.1, 0.15) is 16.7 Å². The third-order valence-corrected chi connectivity index (χ3v) is 4.12. The summed E-state index contributed by atoms with van der Waals surface area (Å²) in [6.45, 7) is 3.65. The SMILES string of the molecule is Cc1ccc(CNCc2cc(Oc3cccnc3)ccc2S)cc1. The van der Waals surface area contributed by atoms with E-state index in [4.69, 9.17) is 4.74 Å². The molecule has 0 aliphatic rings. The highest BCUT2D eigenvalue weighted by molar-refractivity contribution is 7.80. The van der Waals surface area contributed by atoms with Gasteiger partial charge in [0.2, 0.25) is 0 Å². The van der Waals surface area contributed by atoms with E-state index < -0.39 is 0 Å². The number of pyridine rings is 1. The molecule has 0 bridgehead atoms. The number of hydrogen-bond donors (Lipinski definition) is 2. The summed E-state index contributed by atoms with van der Waals surface area (Å²) in [7, 11) is 0. The second kappa shape index (κ2) is 7.99. The van der Waals surface area contributed by atoms with Crippen LogP contribution in [0.25, 0.3) is 0 Å². The number of hydrogen-bond acceptors (Lipinski definition) is 4. The van der Waals surface area contributed by atoms with Gasteiger partial charge in [-0.1, -0.05) is 29.8 Å². The van der Waals surface area contributed by atoms with E-state index in [0.29, 0.717) is 0 Å². The third kappa shape index (κ3) is 4.60. The van der Waals surface area contributed by atoms with Crippen molar-refractivity contribution >= 4 is 12.6 Å². The molecule has 3 aromatic rings. The van der Waals surface area contributed by atoms with Gasteiger partial charge in [0.05, 0.1) is 6.20 Å². The first-order valence-corrected chi connectivity index (χ1v) is 8.31. The third-order valence-electron chi connectivity index (χ3n) is 3.69. The first kappa shape index (κ1) is 16.6. The van der Waals surface area contributed by atoms with Gasteiger partial charge in [0.25, 0.3) is 0 Å². The lowest BCUT2D eigenvalue weighted by Gasteiger charge is -2.11. The lowest BCUT2D eigenvalue weighted by atomic mass is 10.1. The monoisotopic (exact) mass is 336 g/mol. The zero-order valence-electron chi connectivity index (χ0n) is 13.6. The molecular formula is C20H20N2OS. The molecule has 3 nitrogen and oxygen atoms in total. The van der Waals surface area contributed by atoms with Crippen molar-refractivity contribution < 1.29 is 4.74 Å². The van der Waals surface area contributed by atoms with Crippen LogP contribution in [0.5, 0.6) is 11.5 Å². The predicted octanol–water partition coefficient (Wildman–Crippen LogP) is 4.76. The molecule has 1 heterocycles. The predicted molar refractivity (Wildman–Crippen MR) is 99.7 cm³/mol. The molecule has 0 fully saturated rings. The average molecular weight is 336 g/mol. The molecule has 2 aromatic carbocycles. The van der Waals surface area contributed by atoms with Crippen molar-refractivity contribution in [2.75, 3.05) is 0 Å². The molecule has 0 saturated carbocycles. The number of nitrogens with one attached hydrogen (secondary N) is 1. The van der Waals surface area contributed by atoms with Gasteiger partial charge in [-0.05, 0) is 48.4 Å². The zero-order valence-corrected chi connectivity index (χ0v) is 14.5. The van der Waals surface area contributed by atoms with E-state index in [-0.39, 0.29) is 0 Å². The van der Waals surface area contributed by atoms with Crippen molar-refractivity contribution in [3.8, 4) is 11.5 Å². The van der Waals surface area contributed by atoms with Crippen LogP contribution in [0, 0.1) is 6.92 Å². The van der Waals surface area contributed by atoms with E-state index in [1.165, 1.54) is 11.1 Å². The fourth-order valence-corrected chi connectivity index (χ4v) is 2.58. The van der Waals surface area contributed by atoms with Crippen molar-refractivity contribution in [2.24, 2.45) is 0 Å². The number of aryl methyl sites for hydroxylation is 1. The van der Waals surface area contributed by atoms with Crippen LogP contribution in [-0.4, -0.2) is 4.98 Å². The molecule has 1 aromatic heterocycles. The number of benzene rings is 2. The molecule has 0 radical (unpaired) electrons. The summed E-state index contributed by atoms with van der Waals surface area (Å²) in [4.78, 5) is 5.01. The van der Waals surface area contributed by atoms with E-state index in [0.717, 1.165) is 35.0 Å². The number of rotatable bonds is 6. The van der Waals surface area contributed by atoms with E-state index in [2.05, 4.69) is 54.1 Å². The highest BCUT2D eigenvalue weighted by Gasteiger charge is 2.04. The summed E-state index contributed by atoms with van der Waals surface area (Å²) in [5.74, 6) is 1.51. The molecule has 4 heteroatoms. The smallest absolute Gasteiger partial charge is 0.145 e. The number of aromatic nitrogens is 1. The molecule has 24 heavy (non-hydrogen) atoms. The summed E-state index contributed by atoms with van der Waals surface area (Å²) in [6, 6.07) is 18.2. The summed E-state index contributed by atoms with van der Waals surface area (Å²) in [5.41, 5.74) is 3.65. The summed E-state index contributed by atoms with van der Waals surface area (Å²) in [6.07, 6.45) is 3.42. The maximum Gasteiger partial charge on any atom is 0.145 e. The quantitative estimate of drug-likeness (QED) is 0.637. The highest BCUT2D eigenvalue weighted by Crippen LogP contribution is 2.25. The van der Waals surface area contributed by atoms with Gasteiger partial charge in [-0.15, -0.1) is 12.6 Å². The van der Waals surface area contributed by atoms with Gasteiger partial charge in [-0.3, -0.25) is 4.98 Å². The lowest BCUT2D eigenvalue weighted by molar-refractivity contribution is 0.478. The van der Waals surface area contributed by atoms with Crippen molar-refractivity contribution in [1.82, 2.24) is 10.3 Å². The van der Waals surface area contributed by atoms with Crippen molar-refractivity contribution in [1.29, 1.82) is 0 Å². The average Bonchev–Trinajstić information content (AvgIpc) is 2.60. The fourth-order valence-electron chi connectivity index (χ4n) is 2.36. The Kier molecular flexibility index (Phi) is 5.51. The van der Waals surface area contributed by atoms with Gasteiger partial charge in [0, 0.05) is 24.2 Å². The minimum atomic E-state index is 0.725.